The second kappa shape index (κ2) is 3.74. The van der Waals surface area contributed by atoms with E-state index >= 15 is 0 Å². The Morgan fingerprint density at radius 2 is 2.38 bits per heavy atom. The second-order valence-corrected chi connectivity index (χ2v) is 3.27. The van der Waals surface area contributed by atoms with Crippen LogP contribution in [-0.4, -0.2) is 26.5 Å². The van der Waals surface area contributed by atoms with Crippen LogP contribution in [0.2, 0.25) is 0 Å². The molecule has 0 fully saturated rings. The van der Waals surface area contributed by atoms with Gasteiger partial charge < -0.3 is 9.30 Å². The monoisotopic (exact) mass is 217 g/mol. The molecule has 0 saturated heterocycles. The van der Waals surface area contributed by atoms with Crippen LogP contribution < -0.4 is 0 Å². The molecule has 2 heterocycles. The lowest BCUT2D eigenvalue weighted by atomic mass is 10.4. The average Bonchev–Trinajstić information content (AvgIpc) is 2.79. The van der Waals surface area contributed by atoms with E-state index in [0.29, 0.717) is 23.8 Å². The number of hydrogen-bond donors (Lipinski definition) is 0. The molecule has 5 heteroatoms. The molecule has 0 N–H and O–H groups in total. The fraction of sp³-hybridized carbons (Fsp3) is 0.273. The lowest BCUT2D eigenvalue weighted by Gasteiger charge is -2.01. The molecule has 0 bridgehead atoms. The molecule has 0 saturated carbocycles. The summed E-state index contributed by atoms with van der Waals surface area (Å²) in [7, 11) is 1.74. The Hall–Kier alpha value is -2.22. The van der Waals surface area contributed by atoms with E-state index in [9.17, 15) is 4.79 Å². The topological polar surface area (TPSA) is 48.5 Å². The number of carbonyl (C=O) groups excluding carboxylic acids is 1. The predicted octanol–water partition coefficient (Wildman–Crippen LogP) is 0.831. The molecule has 0 amide bonds. The Kier molecular flexibility index (Phi) is 2.41. The summed E-state index contributed by atoms with van der Waals surface area (Å²) in [6.45, 7) is 2.12. The van der Waals surface area contributed by atoms with Gasteiger partial charge in [-0.2, -0.15) is 0 Å². The summed E-state index contributed by atoms with van der Waals surface area (Å²) in [6, 6.07) is 0. The summed E-state index contributed by atoms with van der Waals surface area (Å²) in [5, 5.41) is 0. The van der Waals surface area contributed by atoms with Crippen molar-refractivity contribution in [3.63, 3.8) is 0 Å². The van der Waals surface area contributed by atoms with E-state index in [1.165, 1.54) is 0 Å². The molecular weight excluding hydrogens is 206 g/mol. The van der Waals surface area contributed by atoms with Gasteiger partial charge in [-0.25, -0.2) is 9.78 Å². The SMILES string of the molecule is C#Cc1cn2cc(C(=O)OCC)n(C)c2n1. The van der Waals surface area contributed by atoms with E-state index < -0.39 is 0 Å². The highest BCUT2D eigenvalue weighted by Crippen LogP contribution is 2.10. The summed E-state index contributed by atoms with van der Waals surface area (Å²) >= 11 is 0. The molecule has 2 aromatic rings. The third-order valence-electron chi connectivity index (χ3n) is 2.27. The van der Waals surface area contributed by atoms with Gasteiger partial charge in [0.05, 0.1) is 6.61 Å². The number of terminal acetylenes is 1. The van der Waals surface area contributed by atoms with Gasteiger partial charge in [-0.15, -0.1) is 6.42 Å². The van der Waals surface area contributed by atoms with E-state index in [-0.39, 0.29) is 5.97 Å². The number of ether oxygens (including phenoxy) is 1. The van der Waals surface area contributed by atoms with Gasteiger partial charge in [0.25, 0.3) is 0 Å². The molecule has 0 aliphatic carbocycles. The maximum absolute atomic E-state index is 11.6. The molecule has 0 spiro atoms. The van der Waals surface area contributed by atoms with E-state index in [1.807, 2.05) is 0 Å². The van der Waals surface area contributed by atoms with Crippen molar-refractivity contribution in [2.45, 2.75) is 6.92 Å². The number of aryl methyl sites for hydroxylation is 1. The smallest absolute Gasteiger partial charge is 0.356 e. The van der Waals surface area contributed by atoms with Crippen LogP contribution in [0.15, 0.2) is 12.4 Å². The number of hydrogen-bond acceptors (Lipinski definition) is 3. The molecule has 0 aromatic carbocycles. The zero-order chi connectivity index (χ0) is 11.7. The largest absolute Gasteiger partial charge is 0.461 e. The van der Waals surface area contributed by atoms with Crippen LogP contribution in [0.3, 0.4) is 0 Å². The van der Waals surface area contributed by atoms with Gasteiger partial charge >= 0.3 is 5.97 Å². The molecular formula is C11H11N3O2. The van der Waals surface area contributed by atoms with Crippen LogP contribution in [0.25, 0.3) is 5.78 Å². The highest BCUT2D eigenvalue weighted by Gasteiger charge is 2.15. The Morgan fingerprint density at radius 1 is 1.62 bits per heavy atom. The summed E-state index contributed by atoms with van der Waals surface area (Å²) in [5.41, 5.74) is 0.994. The maximum atomic E-state index is 11.6. The number of carbonyl (C=O) groups is 1. The fourth-order valence-corrected chi connectivity index (χ4v) is 1.52. The van der Waals surface area contributed by atoms with Crippen molar-refractivity contribution in [3.05, 3.63) is 23.8 Å². The zero-order valence-electron chi connectivity index (χ0n) is 9.10. The van der Waals surface area contributed by atoms with Gasteiger partial charge in [-0.3, -0.25) is 4.40 Å². The first-order valence-corrected chi connectivity index (χ1v) is 4.85. The van der Waals surface area contributed by atoms with E-state index in [2.05, 4.69) is 10.9 Å². The average molecular weight is 217 g/mol. The third kappa shape index (κ3) is 1.44. The van der Waals surface area contributed by atoms with Gasteiger partial charge in [0.1, 0.15) is 11.4 Å². The van der Waals surface area contributed by atoms with Crippen LogP contribution in [0.1, 0.15) is 23.1 Å². The van der Waals surface area contributed by atoms with Crippen molar-refractivity contribution in [1.82, 2.24) is 14.0 Å². The first kappa shape index (κ1) is 10.3. The van der Waals surface area contributed by atoms with Crippen LogP contribution in [0.4, 0.5) is 0 Å². The van der Waals surface area contributed by atoms with E-state index in [0.717, 1.165) is 0 Å². The molecule has 16 heavy (non-hydrogen) atoms. The molecule has 2 rings (SSSR count). The number of fused-ring (bicyclic) bond motifs is 1. The molecule has 0 atom stereocenters. The summed E-state index contributed by atoms with van der Waals surface area (Å²) in [4.78, 5) is 15.7. The lowest BCUT2D eigenvalue weighted by Crippen LogP contribution is -2.09. The minimum atomic E-state index is -0.363. The number of rotatable bonds is 2. The van der Waals surface area contributed by atoms with Crippen molar-refractivity contribution in [3.8, 4) is 12.3 Å². The molecule has 0 aliphatic heterocycles. The Bertz CT molecular complexity index is 586. The lowest BCUT2D eigenvalue weighted by molar-refractivity contribution is 0.0515. The summed E-state index contributed by atoms with van der Waals surface area (Å²) in [6.07, 6.45) is 8.59. The van der Waals surface area contributed by atoms with Crippen molar-refractivity contribution in [2.24, 2.45) is 7.05 Å². The van der Waals surface area contributed by atoms with Crippen molar-refractivity contribution < 1.29 is 9.53 Å². The third-order valence-corrected chi connectivity index (χ3v) is 2.27. The van der Waals surface area contributed by atoms with Gasteiger partial charge in [-0.05, 0) is 12.8 Å². The molecule has 0 unspecified atom stereocenters. The molecule has 2 aromatic heterocycles. The van der Waals surface area contributed by atoms with Crippen LogP contribution in [0.5, 0.6) is 0 Å². The number of nitrogens with zero attached hydrogens (tertiary/aromatic N) is 3. The summed E-state index contributed by atoms with van der Waals surface area (Å²) in [5.74, 6) is 2.70. The first-order valence-electron chi connectivity index (χ1n) is 4.85. The number of imidazole rings is 2. The molecule has 82 valence electrons. The minimum absolute atomic E-state index is 0.349. The van der Waals surface area contributed by atoms with Crippen LogP contribution >= 0.6 is 0 Å². The van der Waals surface area contributed by atoms with Crippen molar-refractivity contribution in [2.75, 3.05) is 6.61 Å². The predicted molar refractivity (Wildman–Crippen MR) is 58.1 cm³/mol. The maximum Gasteiger partial charge on any atom is 0.356 e. The van der Waals surface area contributed by atoms with Crippen molar-refractivity contribution >= 4 is 11.7 Å². The van der Waals surface area contributed by atoms with Gasteiger partial charge in [0.2, 0.25) is 5.78 Å². The zero-order valence-corrected chi connectivity index (χ0v) is 9.10. The van der Waals surface area contributed by atoms with Gasteiger partial charge in [-0.1, -0.05) is 0 Å². The Balaban J connectivity index is 2.50. The number of aromatic nitrogens is 3. The first-order chi connectivity index (χ1) is 7.67. The second-order valence-electron chi connectivity index (χ2n) is 3.27. The van der Waals surface area contributed by atoms with E-state index in [1.54, 1.807) is 35.3 Å². The highest BCUT2D eigenvalue weighted by molar-refractivity contribution is 5.88. The normalized spacial score (nSPS) is 10.3. The standard InChI is InChI=1S/C11H11N3O2/c1-4-8-6-14-7-9(10(15)16-5-2)13(3)11(14)12-8/h1,6-7H,5H2,2-3H3. The quantitative estimate of drug-likeness (QED) is 0.553. The number of esters is 1. The van der Waals surface area contributed by atoms with Crippen LogP contribution in [0, 0.1) is 12.3 Å². The van der Waals surface area contributed by atoms with E-state index in [4.69, 9.17) is 11.2 Å². The van der Waals surface area contributed by atoms with Crippen LogP contribution in [-0.2, 0) is 11.8 Å². The minimum Gasteiger partial charge on any atom is -0.461 e. The Labute approximate surface area is 92.7 Å². The van der Waals surface area contributed by atoms with Crippen molar-refractivity contribution in [1.29, 1.82) is 0 Å². The fourth-order valence-electron chi connectivity index (χ4n) is 1.52. The molecule has 0 aliphatic rings. The highest BCUT2D eigenvalue weighted by atomic mass is 16.5. The Morgan fingerprint density at radius 3 is 2.94 bits per heavy atom. The summed E-state index contributed by atoms with van der Waals surface area (Å²) < 4.78 is 8.28. The van der Waals surface area contributed by atoms with Gasteiger partial charge in [0, 0.05) is 19.4 Å². The molecule has 5 nitrogen and oxygen atoms in total. The van der Waals surface area contributed by atoms with Gasteiger partial charge in [0.15, 0.2) is 0 Å². The molecule has 0 radical (unpaired) electrons.